The summed E-state index contributed by atoms with van der Waals surface area (Å²) in [6.45, 7) is -2.46. The van der Waals surface area contributed by atoms with Crippen LogP contribution in [0.3, 0.4) is 0 Å². The van der Waals surface area contributed by atoms with Gasteiger partial charge in [0.15, 0.2) is 11.6 Å². The Hall–Kier alpha value is -1.67. The van der Waals surface area contributed by atoms with E-state index in [-0.39, 0.29) is 17.5 Å². The fourth-order valence-electron chi connectivity index (χ4n) is 1.53. The average Bonchev–Trinajstić information content (AvgIpc) is 2.38. The lowest BCUT2D eigenvalue weighted by Gasteiger charge is -2.17. The molecule has 0 saturated heterocycles. The van der Waals surface area contributed by atoms with Gasteiger partial charge in [0.25, 0.3) is 0 Å². The molecule has 1 rings (SSSR count). The van der Waals surface area contributed by atoms with Crippen LogP contribution in [0, 0.1) is 5.82 Å². The number of rotatable bonds is 8. The number of halogens is 3. The van der Waals surface area contributed by atoms with Crippen molar-refractivity contribution < 1.29 is 27.4 Å². The Morgan fingerprint density at radius 2 is 2.00 bits per heavy atom. The summed E-state index contributed by atoms with van der Waals surface area (Å²) in [4.78, 5) is 0. The van der Waals surface area contributed by atoms with E-state index >= 15 is 0 Å². The zero-order chi connectivity index (χ0) is 15.1. The molecule has 0 heterocycles. The van der Waals surface area contributed by atoms with Crippen molar-refractivity contribution in [3.63, 3.8) is 0 Å². The van der Waals surface area contributed by atoms with Gasteiger partial charge in [-0.15, -0.1) is 0 Å². The quantitative estimate of drug-likeness (QED) is 0.719. The third kappa shape index (κ3) is 4.78. The highest BCUT2D eigenvalue weighted by Gasteiger charge is 2.14. The lowest BCUT2D eigenvalue weighted by molar-refractivity contribution is -0.0521. The molecule has 1 atom stereocenters. The fraction of sp³-hybridized carbons (Fsp3) is 0.500. The van der Waals surface area contributed by atoms with Gasteiger partial charge in [-0.3, -0.25) is 0 Å². The minimum atomic E-state index is -3.11. The lowest BCUT2D eigenvalue weighted by Crippen LogP contribution is -2.26. The van der Waals surface area contributed by atoms with Crippen LogP contribution >= 0.6 is 0 Å². The van der Waals surface area contributed by atoms with Gasteiger partial charge in [-0.25, -0.2) is 4.39 Å². The molecule has 0 radical (unpaired) electrons. The second-order valence-corrected chi connectivity index (χ2v) is 3.94. The normalized spacial score (nSPS) is 12.5. The van der Waals surface area contributed by atoms with Crippen LogP contribution in [0.5, 0.6) is 5.75 Å². The van der Waals surface area contributed by atoms with Gasteiger partial charge in [-0.05, 0) is 0 Å². The second-order valence-electron chi connectivity index (χ2n) is 3.94. The zero-order valence-corrected chi connectivity index (χ0v) is 11.2. The molecule has 8 heteroatoms. The van der Waals surface area contributed by atoms with Gasteiger partial charge < -0.3 is 25.3 Å². The summed E-state index contributed by atoms with van der Waals surface area (Å²) in [6, 6.07) is 1.99. The molecule has 0 aromatic heterocycles. The average molecular weight is 294 g/mol. The molecule has 3 N–H and O–H groups in total. The van der Waals surface area contributed by atoms with Crippen molar-refractivity contribution in [3.8, 4) is 5.75 Å². The SMILES string of the molecule is COCC(CNc1cc(OC(F)F)c(F)cc1N)OC. The molecule has 1 aromatic rings. The molecule has 0 fully saturated rings. The Balaban J connectivity index is 2.78. The van der Waals surface area contributed by atoms with Crippen molar-refractivity contribution in [2.45, 2.75) is 12.7 Å². The summed E-state index contributed by atoms with van der Waals surface area (Å²) >= 11 is 0. The van der Waals surface area contributed by atoms with Gasteiger partial charge in [0.1, 0.15) is 0 Å². The molecule has 0 bridgehead atoms. The van der Waals surface area contributed by atoms with E-state index in [4.69, 9.17) is 15.2 Å². The van der Waals surface area contributed by atoms with Crippen LogP contribution in [0.4, 0.5) is 24.5 Å². The Bertz CT molecular complexity index is 433. The van der Waals surface area contributed by atoms with Crippen LogP contribution in [0.2, 0.25) is 0 Å². The van der Waals surface area contributed by atoms with Gasteiger partial charge in [0.2, 0.25) is 0 Å². The Labute approximate surface area is 114 Å². The first-order valence-electron chi connectivity index (χ1n) is 5.77. The maximum absolute atomic E-state index is 13.4. The Morgan fingerprint density at radius 1 is 1.30 bits per heavy atom. The molecule has 0 amide bonds. The van der Waals surface area contributed by atoms with Crippen molar-refractivity contribution in [2.24, 2.45) is 0 Å². The Kier molecular flexibility index (Phi) is 6.40. The molecule has 0 aliphatic rings. The summed E-state index contributed by atoms with van der Waals surface area (Å²) < 4.78 is 51.7. The highest BCUT2D eigenvalue weighted by molar-refractivity contribution is 5.68. The smallest absolute Gasteiger partial charge is 0.387 e. The van der Waals surface area contributed by atoms with Crippen molar-refractivity contribution >= 4 is 11.4 Å². The number of benzene rings is 1. The number of alkyl halides is 2. The number of nitrogens with two attached hydrogens (primary N) is 1. The van der Waals surface area contributed by atoms with Gasteiger partial charge in [-0.1, -0.05) is 0 Å². The molecule has 1 unspecified atom stereocenters. The number of anilines is 2. The van der Waals surface area contributed by atoms with Crippen LogP contribution in [-0.4, -0.2) is 40.1 Å². The Morgan fingerprint density at radius 3 is 2.55 bits per heavy atom. The third-order valence-corrected chi connectivity index (χ3v) is 2.53. The molecule has 0 aliphatic heterocycles. The maximum Gasteiger partial charge on any atom is 0.387 e. The number of hydrogen-bond acceptors (Lipinski definition) is 5. The molecule has 0 aliphatic carbocycles. The van der Waals surface area contributed by atoms with Gasteiger partial charge in [-0.2, -0.15) is 8.78 Å². The van der Waals surface area contributed by atoms with Crippen molar-refractivity contribution in [2.75, 3.05) is 38.4 Å². The van der Waals surface area contributed by atoms with Crippen molar-refractivity contribution in [1.82, 2.24) is 0 Å². The fourth-order valence-corrected chi connectivity index (χ4v) is 1.53. The van der Waals surface area contributed by atoms with E-state index in [0.29, 0.717) is 13.2 Å². The van der Waals surface area contributed by atoms with E-state index in [2.05, 4.69) is 10.1 Å². The largest absolute Gasteiger partial charge is 0.432 e. The van der Waals surface area contributed by atoms with E-state index in [1.54, 1.807) is 0 Å². The third-order valence-electron chi connectivity index (χ3n) is 2.53. The first-order chi connectivity index (χ1) is 9.47. The highest BCUT2D eigenvalue weighted by atomic mass is 19.3. The first kappa shape index (κ1) is 16.4. The molecule has 0 spiro atoms. The van der Waals surface area contributed by atoms with Crippen LogP contribution in [-0.2, 0) is 9.47 Å². The minimum Gasteiger partial charge on any atom is -0.432 e. The van der Waals surface area contributed by atoms with Gasteiger partial charge in [0, 0.05) is 32.9 Å². The van der Waals surface area contributed by atoms with Crippen molar-refractivity contribution in [3.05, 3.63) is 17.9 Å². The number of nitrogen functional groups attached to an aromatic ring is 1. The maximum atomic E-state index is 13.4. The number of ether oxygens (including phenoxy) is 3. The molecule has 5 nitrogen and oxygen atoms in total. The molecule has 1 aromatic carbocycles. The number of methoxy groups -OCH3 is 2. The van der Waals surface area contributed by atoms with Crippen LogP contribution < -0.4 is 15.8 Å². The van der Waals surface area contributed by atoms with E-state index < -0.39 is 18.2 Å². The standard InChI is InChI=1S/C12H17F3N2O3/c1-18-6-7(19-2)5-17-10-4-11(20-12(14)15)8(13)3-9(10)16/h3-4,7,12,17H,5-6,16H2,1-2H3. The monoisotopic (exact) mass is 294 g/mol. The topological polar surface area (TPSA) is 65.7 Å². The first-order valence-corrected chi connectivity index (χ1v) is 5.77. The molecule has 20 heavy (non-hydrogen) atoms. The highest BCUT2D eigenvalue weighted by Crippen LogP contribution is 2.29. The van der Waals surface area contributed by atoms with E-state index in [1.165, 1.54) is 14.2 Å². The number of nitrogens with one attached hydrogen (secondary N) is 1. The predicted octanol–water partition coefficient (Wildman–Crippen LogP) is 2.08. The van der Waals surface area contributed by atoms with Crippen LogP contribution in [0.1, 0.15) is 0 Å². The number of hydrogen-bond donors (Lipinski definition) is 2. The molecular formula is C12H17F3N2O3. The van der Waals surface area contributed by atoms with E-state index in [9.17, 15) is 13.2 Å². The molecule has 114 valence electrons. The van der Waals surface area contributed by atoms with Crippen LogP contribution in [0.25, 0.3) is 0 Å². The summed E-state index contributed by atoms with van der Waals surface area (Å²) in [5, 5.41) is 2.87. The van der Waals surface area contributed by atoms with Gasteiger partial charge >= 0.3 is 6.61 Å². The van der Waals surface area contributed by atoms with Gasteiger partial charge in [0.05, 0.1) is 24.1 Å². The second kappa shape index (κ2) is 7.81. The summed E-state index contributed by atoms with van der Waals surface area (Å²) in [5.41, 5.74) is 5.96. The van der Waals surface area contributed by atoms with E-state index in [0.717, 1.165) is 12.1 Å². The van der Waals surface area contributed by atoms with Crippen molar-refractivity contribution in [1.29, 1.82) is 0 Å². The summed E-state index contributed by atoms with van der Waals surface area (Å²) in [5.74, 6) is -1.52. The molecular weight excluding hydrogens is 277 g/mol. The molecule has 0 saturated carbocycles. The summed E-state index contributed by atoms with van der Waals surface area (Å²) in [6.07, 6.45) is -0.260. The van der Waals surface area contributed by atoms with Crippen LogP contribution in [0.15, 0.2) is 12.1 Å². The lowest BCUT2D eigenvalue weighted by atomic mass is 10.2. The van der Waals surface area contributed by atoms with E-state index in [1.807, 2.05) is 0 Å². The predicted molar refractivity (Wildman–Crippen MR) is 68.6 cm³/mol. The summed E-state index contributed by atoms with van der Waals surface area (Å²) in [7, 11) is 3.03. The zero-order valence-electron chi connectivity index (χ0n) is 11.2. The minimum absolute atomic E-state index is 0.0800.